The van der Waals surface area contributed by atoms with Crippen molar-refractivity contribution < 1.29 is 14.2 Å². The Kier molecular flexibility index (Phi) is 5.41. The fourth-order valence-corrected chi connectivity index (χ4v) is 2.19. The molecule has 0 radical (unpaired) electrons. The van der Waals surface area contributed by atoms with Crippen molar-refractivity contribution in [3.8, 4) is 17.2 Å². The van der Waals surface area contributed by atoms with Gasteiger partial charge >= 0.3 is 0 Å². The summed E-state index contributed by atoms with van der Waals surface area (Å²) < 4.78 is 16.1. The lowest BCUT2D eigenvalue weighted by atomic mass is 10.1. The fourth-order valence-electron chi connectivity index (χ4n) is 2.19. The van der Waals surface area contributed by atoms with Crippen LogP contribution in [0.25, 0.3) is 0 Å². The van der Waals surface area contributed by atoms with E-state index in [1.165, 1.54) is 0 Å². The van der Waals surface area contributed by atoms with Gasteiger partial charge in [-0.1, -0.05) is 0 Å². The van der Waals surface area contributed by atoms with Crippen LogP contribution in [0.1, 0.15) is 11.3 Å². The molecule has 0 bridgehead atoms. The van der Waals surface area contributed by atoms with Crippen LogP contribution in [0.2, 0.25) is 0 Å². The van der Waals surface area contributed by atoms with Gasteiger partial charge in [0.2, 0.25) is 0 Å². The van der Waals surface area contributed by atoms with Gasteiger partial charge < -0.3 is 19.5 Å². The maximum atomic E-state index is 5.44. The molecule has 1 aromatic heterocycles. The maximum Gasteiger partial charge on any atom is 0.144 e. The zero-order chi connectivity index (χ0) is 15.9. The molecular formula is C16H21N3O3. The van der Waals surface area contributed by atoms with Gasteiger partial charge in [0, 0.05) is 30.4 Å². The van der Waals surface area contributed by atoms with Gasteiger partial charge in [0.05, 0.1) is 33.2 Å². The topological polar surface area (TPSA) is 65.5 Å². The molecule has 6 heteroatoms. The molecule has 0 aliphatic carbocycles. The Labute approximate surface area is 130 Å². The van der Waals surface area contributed by atoms with E-state index in [4.69, 9.17) is 14.2 Å². The summed E-state index contributed by atoms with van der Waals surface area (Å²) in [5.41, 5.74) is 1.86. The molecule has 118 valence electrons. The number of methoxy groups -OCH3 is 3. The molecule has 1 aromatic carbocycles. The maximum absolute atomic E-state index is 5.44. The zero-order valence-corrected chi connectivity index (χ0v) is 13.3. The minimum Gasteiger partial charge on any atom is -0.496 e. The zero-order valence-electron chi connectivity index (χ0n) is 13.3. The van der Waals surface area contributed by atoms with Gasteiger partial charge in [-0.15, -0.1) is 0 Å². The smallest absolute Gasteiger partial charge is 0.144 e. The molecule has 22 heavy (non-hydrogen) atoms. The van der Waals surface area contributed by atoms with Gasteiger partial charge in [-0.2, -0.15) is 0 Å². The molecular weight excluding hydrogens is 282 g/mol. The molecule has 1 heterocycles. The molecule has 0 spiro atoms. The van der Waals surface area contributed by atoms with Crippen molar-refractivity contribution in [1.82, 2.24) is 9.97 Å². The van der Waals surface area contributed by atoms with E-state index in [9.17, 15) is 0 Å². The minimum absolute atomic E-state index is 0.692. The number of rotatable bonds is 7. The lowest BCUT2D eigenvalue weighted by Crippen LogP contribution is -2.09. The van der Waals surface area contributed by atoms with Crippen LogP contribution < -0.4 is 19.5 Å². The molecule has 0 fully saturated rings. The minimum atomic E-state index is 0.692. The van der Waals surface area contributed by atoms with E-state index in [0.29, 0.717) is 12.3 Å². The molecule has 2 aromatic rings. The normalized spacial score (nSPS) is 10.2. The Hall–Kier alpha value is -2.50. The molecule has 1 N–H and O–H groups in total. The highest BCUT2D eigenvalue weighted by Gasteiger charge is 2.13. The highest BCUT2D eigenvalue weighted by atomic mass is 16.5. The first-order valence-electron chi connectivity index (χ1n) is 6.99. The molecule has 6 nitrogen and oxygen atoms in total. The Morgan fingerprint density at radius 3 is 2.23 bits per heavy atom. The largest absolute Gasteiger partial charge is 0.496 e. The molecule has 0 atom stereocenters. The average Bonchev–Trinajstić information content (AvgIpc) is 2.54. The third kappa shape index (κ3) is 3.78. The first-order valence-corrected chi connectivity index (χ1v) is 6.99. The van der Waals surface area contributed by atoms with Crippen molar-refractivity contribution in [1.29, 1.82) is 0 Å². The standard InChI is InChI=1S/C16H21N3O3/c1-11-9-17-10-16(19-11)18-6-5-13-14(21-3)7-12(20-2)8-15(13)22-4/h7-10H,5-6H2,1-4H3,(H,18,19). The summed E-state index contributed by atoms with van der Waals surface area (Å²) in [5.74, 6) is 2.95. The number of benzene rings is 1. The van der Waals surface area contributed by atoms with Gasteiger partial charge in [-0.3, -0.25) is 4.98 Å². The summed E-state index contributed by atoms with van der Waals surface area (Å²) in [6, 6.07) is 3.70. The number of hydrogen-bond acceptors (Lipinski definition) is 6. The SMILES string of the molecule is COc1cc(OC)c(CCNc2cncc(C)n2)c(OC)c1. The van der Waals surface area contributed by atoms with Crippen molar-refractivity contribution in [3.05, 3.63) is 35.8 Å². The Morgan fingerprint density at radius 2 is 1.68 bits per heavy atom. The number of nitrogens with zero attached hydrogens (tertiary/aromatic N) is 2. The van der Waals surface area contributed by atoms with Crippen molar-refractivity contribution in [3.63, 3.8) is 0 Å². The Bertz CT molecular complexity index is 607. The molecule has 0 aliphatic rings. The molecule has 0 saturated heterocycles. The fraction of sp³-hybridized carbons (Fsp3) is 0.375. The number of aryl methyl sites for hydroxylation is 1. The number of aromatic nitrogens is 2. The molecule has 0 unspecified atom stereocenters. The van der Waals surface area contributed by atoms with Gasteiger partial charge in [-0.05, 0) is 13.3 Å². The predicted octanol–water partition coefficient (Wildman–Crippen LogP) is 2.47. The van der Waals surface area contributed by atoms with Crippen molar-refractivity contribution in [2.24, 2.45) is 0 Å². The lowest BCUT2D eigenvalue weighted by Gasteiger charge is -2.15. The second-order valence-electron chi connectivity index (χ2n) is 4.73. The summed E-state index contributed by atoms with van der Waals surface area (Å²) in [4.78, 5) is 8.47. The molecule has 0 amide bonds. The second-order valence-corrected chi connectivity index (χ2v) is 4.73. The summed E-state index contributed by atoms with van der Waals surface area (Å²) >= 11 is 0. The number of nitrogens with one attached hydrogen (secondary N) is 1. The number of ether oxygens (including phenoxy) is 3. The Morgan fingerprint density at radius 1 is 1.00 bits per heavy atom. The lowest BCUT2D eigenvalue weighted by molar-refractivity contribution is 0.369. The van der Waals surface area contributed by atoms with Gasteiger partial charge in [0.1, 0.15) is 23.1 Å². The molecule has 0 saturated carbocycles. The first-order chi connectivity index (χ1) is 10.7. The monoisotopic (exact) mass is 303 g/mol. The highest BCUT2D eigenvalue weighted by molar-refractivity contribution is 5.51. The number of anilines is 1. The summed E-state index contributed by atoms with van der Waals surface area (Å²) in [7, 11) is 4.89. The van der Waals surface area contributed by atoms with Crippen LogP contribution in [-0.4, -0.2) is 37.8 Å². The van der Waals surface area contributed by atoms with E-state index < -0.39 is 0 Å². The third-order valence-electron chi connectivity index (χ3n) is 3.25. The highest BCUT2D eigenvalue weighted by Crippen LogP contribution is 2.34. The van der Waals surface area contributed by atoms with Crippen molar-refractivity contribution in [2.45, 2.75) is 13.3 Å². The summed E-state index contributed by atoms with van der Waals surface area (Å²) in [5, 5.41) is 3.25. The molecule has 0 aliphatic heterocycles. The van der Waals surface area contributed by atoms with Crippen LogP contribution in [0.5, 0.6) is 17.2 Å². The predicted molar refractivity (Wildman–Crippen MR) is 85.1 cm³/mol. The summed E-state index contributed by atoms with van der Waals surface area (Å²) in [6.07, 6.45) is 4.15. The van der Waals surface area contributed by atoms with Crippen LogP contribution in [0, 0.1) is 6.92 Å². The van der Waals surface area contributed by atoms with Gasteiger partial charge in [0.25, 0.3) is 0 Å². The van der Waals surface area contributed by atoms with Crippen LogP contribution >= 0.6 is 0 Å². The van der Waals surface area contributed by atoms with E-state index in [1.54, 1.807) is 33.7 Å². The quantitative estimate of drug-likeness (QED) is 0.847. The van der Waals surface area contributed by atoms with Crippen molar-refractivity contribution >= 4 is 5.82 Å². The first kappa shape index (κ1) is 15.9. The van der Waals surface area contributed by atoms with Crippen molar-refractivity contribution in [2.75, 3.05) is 33.2 Å². The van der Waals surface area contributed by atoms with Crippen LogP contribution in [0.4, 0.5) is 5.82 Å². The van der Waals surface area contributed by atoms with Crippen LogP contribution in [0.3, 0.4) is 0 Å². The Balaban J connectivity index is 2.11. The van der Waals surface area contributed by atoms with Gasteiger partial charge in [-0.25, -0.2) is 4.98 Å². The van der Waals surface area contributed by atoms with Gasteiger partial charge in [0.15, 0.2) is 0 Å². The summed E-state index contributed by atoms with van der Waals surface area (Å²) in [6.45, 7) is 2.60. The van der Waals surface area contributed by atoms with E-state index in [-0.39, 0.29) is 0 Å². The average molecular weight is 303 g/mol. The molecule has 2 rings (SSSR count). The van der Waals surface area contributed by atoms with E-state index in [2.05, 4.69) is 15.3 Å². The van der Waals surface area contributed by atoms with Crippen LogP contribution in [0.15, 0.2) is 24.5 Å². The van der Waals surface area contributed by atoms with E-state index >= 15 is 0 Å². The number of hydrogen-bond donors (Lipinski definition) is 1. The third-order valence-corrected chi connectivity index (χ3v) is 3.25. The van der Waals surface area contributed by atoms with E-state index in [1.807, 2.05) is 19.1 Å². The van der Waals surface area contributed by atoms with E-state index in [0.717, 1.165) is 35.0 Å². The van der Waals surface area contributed by atoms with Crippen LogP contribution in [-0.2, 0) is 6.42 Å². The second kappa shape index (κ2) is 7.49.